The summed E-state index contributed by atoms with van der Waals surface area (Å²) in [6, 6.07) is 5.60. The maximum Gasteiger partial charge on any atom is 0.233 e. The molecule has 17 heavy (non-hydrogen) atoms. The molecule has 6 heteroatoms. The van der Waals surface area contributed by atoms with Crippen molar-refractivity contribution in [3.8, 4) is 0 Å². The van der Waals surface area contributed by atoms with Gasteiger partial charge in [-0.05, 0) is 36.8 Å². The third-order valence-corrected chi connectivity index (χ3v) is 3.61. The van der Waals surface area contributed by atoms with Crippen molar-refractivity contribution >= 4 is 35.0 Å². The maximum absolute atomic E-state index is 10.9. The highest BCUT2D eigenvalue weighted by Gasteiger charge is 2.01. The Morgan fingerprint density at radius 2 is 2.18 bits per heavy atom. The Morgan fingerprint density at radius 1 is 1.41 bits per heavy atom. The standard InChI is InChI=1S/C11H16ClN3OS/c12-9-7-8(4-5-10(9)13)17-6-2-1-3-11(16)15-14/h4-5,7H,1-3,6,13-14H2,(H,15,16). The zero-order valence-corrected chi connectivity index (χ0v) is 11.0. The number of halogens is 1. The molecule has 1 aromatic rings. The number of anilines is 1. The number of unbranched alkanes of at least 4 members (excludes halogenated alkanes) is 1. The van der Waals surface area contributed by atoms with Crippen LogP contribution in [0.3, 0.4) is 0 Å². The molecule has 0 fully saturated rings. The zero-order chi connectivity index (χ0) is 12.7. The van der Waals surface area contributed by atoms with E-state index in [1.165, 1.54) is 0 Å². The van der Waals surface area contributed by atoms with Gasteiger partial charge in [-0.15, -0.1) is 11.8 Å². The molecule has 0 unspecified atom stereocenters. The number of amides is 1. The SMILES string of the molecule is NNC(=O)CCCCSc1ccc(N)c(Cl)c1. The van der Waals surface area contributed by atoms with Crippen LogP contribution in [0.1, 0.15) is 19.3 Å². The molecular weight excluding hydrogens is 258 g/mol. The molecule has 0 saturated carbocycles. The molecule has 1 aromatic carbocycles. The minimum atomic E-state index is -0.120. The van der Waals surface area contributed by atoms with Crippen LogP contribution in [0.2, 0.25) is 5.02 Å². The fraction of sp³-hybridized carbons (Fsp3) is 0.364. The van der Waals surface area contributed by atoms with E-state index >= 15 is 0 Å². The van der Waals surface area contributed by atoms with Crippen molar-refractivity contribution in [3.63, 3.8) is 0 Å². The third kappa shape index (κ3) is 5.30. The smallest absolute Gasteiger partial charge is 0.233 e. The predicted octanol–water partition coefficient (Wildman–Crippen LogP) is 2.17. The van der Waals surface area contributed by atoms with Crippen LogP contribution in [-0.4, -0.2) is 11.7 Å². The topological polar surface area (TPSA) is 81.1 Å². The molecule has 0 spiro atoms. The van der Waals surface area contributed by atoms with Crippen LogP contribution in [-0.2, 0) is 4.79 Å². The number of nitrogen functional groups attached to an aromatic ring is 1. The van der Waals surface area contributed by atoms with Crippen LogP contribution < -0.4 is 17.0 Å². The molecular formula is C11H16ClN3OS. The molecule has 0 saturated heterocycles. The van der Waals surface area contributed by atoms with E-state index in [0.29, 0.717) is 17.1 Å². The van der Waals surface area contributed by atoms with Crippen LogP contribution in [0, 0.1) is 0 Å². The molecule has 0 atom stereocenters. The number of thioether (sulfide) groups is 1. The number of nitrogens with two attached hydrogens (primary N) is 2. The summed E-state index contributed by atoms with van der Waals surface area (Å²) >= 11 is 7.61. The largest absolute Gasteiger partial charge is 0.398 e. The zero-order valence-electron chi connectivity index (χ0n) is 9.41. The second-order valence-electron chi connectivity index (χ2n) is 3.56. The monoisotopic (exact) mass is 273 g/mol. The number of nitrogens with one attached hydrogen (secondary N) is 1. The Morgan fingerprint density at radius 3 is 2.82 bits per heavy atom. The van der Waals surface area contributed by atoms with E-state index in [9.17, 15) is 4.79 Å². The van der Waals surface area contributed by atoms with Crippen LogP contribution in [0.25, 0.3) is 0 Å². The molecule has 94 valence electrons. The van der Waals surface area contributed by atoms with Crippen LogP contribution in [0.15, 0.2) is 23.1 Å². The van der Waals surface area contributed by atoms with Gasteiger partial charge in [-0.2, -0.15) is 0 Å². The van der Waals surface area contributed by atoms with Gasteiger partial charge in [0.2, 0.25) is 5.91 Å². The molecule has 0 aromatic heterocycles. The van der Waals surface area contributed by atoms with Gasteiger partial charge >= 0.3 is 0 Å². The molecule has 0 bridgehead atoms. The summed E-state index contributed by atoms with van der Waals surface area (Å²) in [4.78, 5) is 11.9. The van der Waals surface area contributed by atoms with E-state index in [1.54, 1.807) is 17.8 Å². The van der Waals surface area contributed by atoms with Gasteiger partial charge in [0, 0.05) is 11.3 Å². The average molecular weight is 274 g/mol. The first kappa shape index (κ1) is 14.2. The van der Waals surface area contributed by atoms with Gasteiger partial charge in [-0.3, -0.25) is 10.2 Å². The number of hydrogen-bond donors (Lipinski definition) is 3. The van der Waals surface area contributed by atoms with Gasteiger partial charge in [0.25, 0.3) is 0 Å². The molecule has 0 aliphatic heterocycles. The molecule has 1 amide bonds. The first-order chi connectivity index (χ1) is 8.13. The first-order valence-corrected chi connectivity index (χ1v) is 6.67. The lowest BCUT2D eigenvalue weighted by atomic mass is 10.2. The highest BCUT2D eigenvalue weighted by Crippen LogP contribution is 2.26. The van der Waals surface area contributed by atoms with Crippen molar-refractivity contribution in [3.05, 3.63) is 23.2 Å². The van der Waals surface area contributed by atoms with Gasteiger partial charge < -0.3 is 5.73 Å². The number of hydrazine groups is 1. The molecule has 0 aliphatic carbocycles. The summed E-state index contributed by atoms with van der Waals surface area (Å²) in [5, 5.41) is 0.581. The van der Waals surface area contributed by atoms with Crippen molar-refractivity contribution < 1.29 is 4.79 Å². The van der Waals surface area contributed by atoms with Gasteiger partial charge in [-0.1, -0.05) is 11.6 Å². The number of benzene rings is 1. The van der Waals surface area contributed by atoms with Crippen LogP contribution >= 0.6 is 23.4 Å². The number of hydrogen-bond acceptors (Lipinski definition) is 4. The van der Waals surface area contributed by atoms with Gasteiger partial charge in [0.1, 0.15) is 0 Å². The number of rotatable bonds is 6. The van der Waals surface area contributed by atoms with E-state index < -0.39 is 0 Å². The Bertz CT molecular complexity index is 387. The summed E-state index contributed by atoms with van der Waals surface area (Å²) in [6.07, 6.45) is 2.26. The van der Waals surface area contributed by atoms with Crippen LogP contribution in [0.4, 0.5) is 5.69 Å². The molecule has 4 nitrogen and oxygen atoms in total. The average Bonchev–Trinajstić information content (AvgIpc) is 2.33. The summed E-state index contributed by atoms with van der Waals surface area (Å²) in [5.74, 6) is 5.80. The summed E-state index contributed by atoms with van der Waals surface area (Å²) in [7, 11) is 0. The van der Waals surface area contributed by atoms with Gasteiger partial charge in [0.05, 0.1) is 10.7 Å². The van der Waals surface area contributed by atoms with Crippen molar-refractivity contribution in [2.24, 2.45) is 5.84 Å². The lowest BCUT2D eigenvalue weighted by molar-refractivity contribution is -0.121. The van der Waals surface area contributed by atoms with Crippen molar-refractivity contribution in [1.29, 1.82) is 0 Å². The van der Waals surface area contributed by atoms with E-state index in [4.69, 9.17) is 23.2 Å². The Kier molecular flexibility index (Phi) is 6.18. The van der Waals surface area contributed by atoms with E-state index in [2.05, 4.69) is 5.43 Å². The second-order valence-corrected chi connectivity index (χ2v) is 5.13. The Hall–Kier alpha value is -0.910. The normalized spacial score (nSPS) is 10.2. The summed E-state index contributed by atoms with van der Waals surface area (Å²) in [6.45, 7) is 0. The maximum atomic E-state index is 10.9. The number of carbonyl (C=O) groups is 1. The van der Waals surface area contributed by atoms with E-state index in [0.717, 1.165) is 23.5 Å². The lowest BCUT2D eigenvalue weighted by Gasteiger charge is -2.04. The first-order valence-electron chi connectivity index (χ1n) is 5.30. The summed E-state index contributed by atoms with van der Waals surface area (Å²) in [5.41, 5.74) is 8.32. The third-order valence-electron chi connectivity index (χ3n) is 2.20. The highest BCUT2D eigenvalue weighted by atomic mass is 35.5. The van der Waals surface area contributed by atoms with Crippen LogP contribution in [0.5, 0.6) is 0 Å². The molecule has 0 heterocycles. The minimum absolute atomic E-state index is 0.120. The van der Waals surface area contributed by atoms with E-state index in [-0.39, 0.29) is 5.91 Å². The van der Waals surface area contributed by atoms with Crippen molar-refractivity contribution in [1.82, 2.24) is 5.43 Å². The second kappa shape index (κ2) is 7.42. The Balaban J connectivity index is 2.22. The summed E-state index contributed by atoms with van der Waals surface area (Å²) < 4.78 is 0. The molecule has 0 radical (unpaired) electrons. The van der Waals surface area contributed by atoms with Crippen molar-refractivity contribution in [2.45, 2.75) is 24.2 Å². The highest BCUT2D eigenvalue weighted by molar-refractivity contribution is 7.99. The molecule has 1 rings (SSSR count). The quantitative estimate of drug-likeness (QED) is 0.185. The molecule has 0 aliphatic rings. The Labute approximate surface area is 110 Å². The number of carbonyl (C=O) groups excluding carboxylic acids is 1. The minimum Gasteiger partial charge on any atom is -0.398 e. The lowest BCUT2D eigenvalue weighted by Crippen LogP contribution is -2.29. The fourth-order valence-electron chi connectivity index (χ4n) is 1.25. The van der Waals surface area contributed by atoms with Gasteiger partial charge in [-0.25, -0.2) is 5.84 Å². The van der Waals surface area contributed by atoms with Gasteiger partial charge in [0.15, 0.2) is 0 Å². The predicted molar refractivity (Wildman–Crippen MR) is 72.8 cm³/mol. The van der Waals surface area contributed by atoms with E-state index in [1.807, 2.05) is 12.1 Å². The van der Waals surface area contributed by atoms with Crippen molar-refractivity contribution in [2.75, 3.05) is 11.5 Å². The molecule has 5 N–H and O–H groups in total. The fourth-order valence-corrected chi connectivity index (χ4v) is 2.44.